The van der Waals surface area contributed by atoms with E-state index in [-0.39, 0.29) is 6.04 Å². The van der Waals surface area contributed by atoms with Gasteiger partial charge in [-0.2, -0.15) is 5.10 Å². The first kappa shape index (κ1) is 18.3. The molecule has 0 saturated carbocycles. The van der Waals surface area contributed by atoms with Gasteiger partial charge in [0.15, 0.2) is 0 Å². The third-order valence-electron chi connectivity index (χ3n) is 5.32. The summed E-state index contributed by atoms with van der Waals surface area (Å²) in [5.41, 5.74) is 4.05. The molecule has 146 valence electrons. The Kier molecular flexibility index (Phi) is 4.61. The molecule has 3 aromatic rings. The zero-order valence-corrected chi connectivity index (χ0v) is 17.2. The van der Waals surface area contributed by atoms with E-state index in [1.165, 1.54) is 0 Å². The fraction of sp³-hybridized carbons (Fsp3) is 0.174. The van der Waals surface area contributed by atoms with Crippen molar-refractivity contribution in [2.75, 3.05) is 7.11 Å². The standard InChI is InChI=1S/C23H18Cl2N2O2/c1-28-17-9-7-15(8-10-17)23-27-21(13-20(26-27)14-5-3-2-4-6-14)18-11-16(24)12-19(25)22(18)29-23/h2-12,21,23H,13H2,1H3/t21-,23+/m1/s1. The van der Waals surface area contributed by atoms with E-state index < -0.39 is 6.23 Å². The second kappa shape index (κ2) is 7.29. The molecule has 2 atom stereocenters. The molecule has 0 aliphatic carbocycles. The highest BCUT2D eigenvalue weighted by Gasteiger charge is 2.42. The first-order valence-electron chi connectivity index (χ1n) is 9.35. The molecule has 0 N–H and O–H groups in total. The number of rotatable bonds is 3. The Morgan fingerprint density at radius 1 is 1.03 bits per heavy atom. The molecule has 0 spiro atoms. The van der Waals surface area contributed by atoms with Gasteiger partial charge in [-0.15, -0.1) is 0 Å². The molecule has 0 aromatic heterocycles. The molecule has 0 unspecified atom stereocenters. The lowest BCUT2D eigenvalue weighted by molar-refractivity contribution is -0.0189. The van der Waals surface area contributed by atoms with E-state index in [1.807, 2.05) is 53.5 Å². The zero-order valence-electron chi connectivity index (χ0n) is 15.7. The number of hydrogen-bond acceptors (Lipinski definition) is 4. The summed E-state index contributed by atoms with van der Waals surface area (Å²) in [5, 5.41) is 8.06. The molecule has 0 fully saturated rings. The second-order valence-electron chi connectivity index (χ2n) is 7.06. The average Bonchev–Trinajstić information content (AvgIpc) is 3.20. The smallest absolute Gasteiger partial charge is 0.213 e. The van der Waals surface area contributed by atoms with E-state index in [4.69, 9.17) is 37.8 Å². The molecule has 4 nitrogen and oxygen atoms in total. The average molecular weight is 425 g/mol. The maximum absolute atomic E-state index is 6.51. The van der Waals surface area contributed by atoms with Crippen LogP contribution >= 0.6 is 23.2 Å². The van der Waals surface area contributed by atoms with Gasteiger partial charge in [0.1, 0.15) is 11.5 Å². The van der Waals surface area contributed by atoms with Crippen LogP contribution in [-0.4, -0.2) is 17.8 Å². The van der Waals surface area contributed by atoms with Crippen molar-refractivity contribution in [1.29, 1.82) is 0 Å². The molecule has 2 aliphatic rings. The molecule has 29 heavy (non-hydrogen) atoms. The maximum atomic E-state index is 6.51. The van der Waals surface area contributed by atoms with Crippen molar-refractivity contribution < 1.29 is 9.47 Å². The maximum Gasteiger partial charge on any atom is 0.213 e. The molecular formula is C23H18Cl2N2O2. The van der Waals surface area contributed by atoms with Crippen LogP contribution in [0.2, 0.25) is 10.0 Å². The number of hydrazone groups is 1. The van der Waals surface area contributed by atoms with Crippen molar-refractivity contribution in [3.8, 4) is 11.5 Å². The lowest BCUT2D eigenvalue weighted by atomic mass is 9.96. The number of halogens is 2. The van der Waals surface area contributed by atoms with E-state index in [9.17, 15) is 0 Å². The van der Waals surface area contributed by atoms with E-state index in [0.29, 0.717) is 15.8 Å². The summed E-state index contributed by atoms with van der Waals surface area (Å²) in [6.07, 6.45) is 0.363. The van der Waals surface area contributed by atoms with Crippen LogP contribution in [-0.2, 0) is 0 Å². The van der Waals surface area contributed by atoms with E-state index in [2.05, 4.69) is 12.1 Å². The molecule has 2 aliphatic heterocycles. The normalized spacial score (nSPS) is 19.8. The molecule has 0 amide bonds. The van der Waals surface area contributed by atoms with Crippen LogP contribution in [0.15, 0.2) is 71.8 Å². The van der Waals surface area contributed by atoms with Gasteiger partial charge in [0.25, 0.3) is 0 Å². The van der Waals surface area contributed by atoms with Crippen LogP contribution in [0.25, 0.3) is 0 Å². The van der Waals surface area contributed by atoms with Crippen molar-refractivity contribution in [3.05, 3.63) is 93.5 Å². The first-order valence-corrected chi connectivity index (χ1v) is 10.1. The fourth-order valence-corrected chi connectivity index (χ4v) is 4.46. The Bertz CT molecular complexity index is 1080. The van der Waals surface area contributed by atoms with Gasteiger partial charge in [0, 0.05) is 22.6 Å². The van der Waals surface area contributed by atoms with Gasteiger partial charge >= 0.3 is 0 Å². The van der Waals surface area contributed by atoms with Gasteiger partial charge in [-0.05, 0) is 42.0 Å². The molecule has 3 aromatic carbocycles. The number of ether oxygens (including phenoxy) is 2. The summed E-state index contributed by atoms with van der Waals surface area (Å²) in [6.45, 7) is 0. The van der Waals surface area contributed by atoms with Gasteiger partial charge in [0.2, 0.25) is 6.23 Å². The number of nitrogens with zero attached hydrogens (tertiary/aromatic N) is 2. The fourth-order valence-electron chi connectivity index (χ4n) is 3.91. The Morgan fingerprint density at radius 2 is 1.79 bits per heavy atom. The third kappa shape index (κ3) is 3.22. The monoisotopic (exact) mass is 424 g/mol. The number of methoxy groups -OCH3 is 1. The number of fused-ring (bicyclic) bond motifs is 3. The highest BCUT2D eigenvalue weighted by atomic mass is 35.5. The van der Waals surface area contributed by atoms with Crippen molar-refractivity contribution in [2.45, 2.75) is 18.7 Å². The largest absolute Gasteiger partial charge is 0.497 e. The highest BCUT2D eigenvalue weighted by molar-refractivity contribution is 6.35. The van der Waals surface area contributed by atoms with Gasteiger partial charge in [0.05, 0.1) is 23.9 Å². The molecule has 0 bridgehead atoms. The minimum atomic E-state index is -0.390. The van der Waals surface area contributed by atoms with Crippen LogP contribution in [0.3, 0.4) is 0 Å². The minimum absolute atomic E-state index is 0.00254. The highest BCUT2D eigenvalue weighted by Crippen LogP contribution is 2.50. The molecule has 0 radical (unpaired) electrons. The van der Waals surface area contributed by atoms with Crippen molar-refractivity contribution in [3.63, 3.8) is 0 Å². The molecular weight excluding hydrogens is 407 g/mol. The zero-order chi connectivity index (χ0) is 20.0. The number of hydrogen-bond donors (Lipinski definition) is 0. The van der Waals surface area contributed by atoms with E-state index in [1.54, 1.807) is 13.2 Å². The summed E-state index contributed by atoms with van der Waals surface area (Å²) in [6, 6.07) is 21.7. The summed E-state index contributed by atoms with van der Waals surface area (Å²) >= 11 is 12.8. The Morgan fingerprint density at radius 3 is 2.52 bits per heavy atom. The van der Waals surface area contributed by atoms with Gasteiger partial charge < -0.3 is 9.47 Å². The predicted molar refractivity (Wildman–Crippen MR) is 115 cm³/mol. The summed E-state index contributed by atoms with van der Waals surface area (Å²) < 4.78 is 11.7. The third-order valence-corrected chi connectivity index (χ3v) is 5.82. The van der Waals surface area contributed by atoms with Crippen molar-refractivity contribution >= 4 is 28.9 Å². The van der Waals surface area contributed by atoms with Crippen molar-refractivity contribution in [2.24, 2.45) is 5.10 Å². The lowest BCUT2D eigenvalue weighted by Crippen LogP contribution is -2.33. The Labute approximate surface area is 179 Å². The molecule has 5 rings (SSSR count). The quantitative estimate of drug-likeness (QED) is 0.498. The van der Waals surface area contributed by atoms with E-state index >= 15 is 0 Å². The van der Waals surface area contributed by atoms with Gasteiger partial charge in [-0.3, -0.25) is 0 Å². The van der Waals surface area contributed by atoms with Crippen LogP contribution in [0.1, 0.15) is 35.4 Å². The van der Waals surface area contributed by atoms with Gasteiger partial charge in [-0.1, -0.05) is 53.5 Å². The summed E-state index contributed by atoms with van der Waals surface area (Å²) in [7, 11) is 1.65. The summed E-state index contributed by atoms with van der Waals surface area (Å²) in [5.74, 6) is 1.46. The van der Waals surface area contributed by atoms with Crippen LogP contribution in [0.4, 0.5) is 0 Å². The van der Waals surface area contributed by atoms with E-state index in [0.717, 1.165) is 34.6 Å². The molecule has 2 heterocycles. The molecule has 6 heteroatoms. The Balaban J connectivity index is 1.61. The summed E-state index contributed by atoms with van der Waals surface area (Å²) in [4.78, 5) is 0. The van der Waals surface area contributed by atoms with Crippen LogP contribution in [0.5, 0.6) is 11.5 Å². The predicted octanol–water partition coefficient (Wildman–Crippen LogP) is 6.24. The van der Waals surface area contributed by atoms with Crippen LogP contribution < -0.4 is 9.47 Å². The molecule has 0 saturated heterocycles. The lowest BCUT2D eigenvalue weighted by Gasteiger charge is -2.38. The topological polar surface area (TPSA) is 34.1 Å². The van der Waals surface area contributed by atoms with Crippen LogP contribution in [0, 0.1) is 0 Å². The van der Waals surface area contributed by atoms with Crippen molar-refractivity contribution in [1.82, 2.24) is 5.01 Å². The van der Waals surface area contributed by atoms with Gasteiger partial charge in [-0.25, -0.2) is 5.01 Å². The first-order chi connectivity index (χ1) is 14.1. The SMILES string of the molecule is COc1ccc([C@@H]2Oc3c(Cl)cc(Cl)cc3[C@H]3CC(c4ccccc4)=NN32)cc1. The minimum Gasteiger partial charge on any atom is -0.497 e. The second-order valence-corrected chi connectivity index (χ2v) is 7.91. The number of benzene rings is 3. The Hall–Kier alpha value is -2.69.